The molecule has 5 rings (SSSR count). The number of para-hydroxylation sites is 1. The van der Waals surface area contributed by atoms with Crippen LogP contribution in [0.15, 0.2) is 134 Å². The molecule has 0 aliphatic rings. The SMILES string of the molecule is C[C@@H](c1ccccc1N(Cc1ccccc1)Cc1ccccc1)[C@@H](O)C[C@@H](N)Cc1ccc(-c2ccccn2)cc1. The van der Waals surface area contributed by atoms with Gasteiger partial charge in [0.2, 0.25) is 0 Å². The molecule has 4 heteroatoms. The summed E-state index contributed by atoms with van der Waals surface area (Å²) in [6.07, 6.45) is 2.48. The predicted octanol–water partition coefficient (Wildman–Crippen LogP) is 7.38. The molecule has 208 valence electrons. The quantitative estimate of drug-likeness (QED) is 0.173. The number of nitrogens with two attached hydrogens (primary N) is 1. The van der Waals surface area contributed by atoms with Gasteiger partial charge in [-0.15, -0.1) is 0 Å². The topological polar surface area (TPSA) is 62.4 Å². The van der Waals surface area contributed by atoms with Crippen LogP contribution < -0.4 is 10.6 Å². The first kappa shape index (κ1) is 28.3. The normalized spacial score (nSPS) is 13.3. The number of anilines is 1. The molecule has 0 radical (unpaired) electrons. The average Bonchev–Trinajstić information content (AvgIpc) is 3.02. The lowest BCUT2D eigenvalue weighted by atomic mass is 9.88. The molecule has 4 nitrogen and oxygen atoms in total. The van der Waals surface area contributed by atoms with Crippen molar-refractivity contribution >= 4 is 5.69 Å². The van der Waals surface area contributed by atoms with Crippen LogP contribution in [0, 0.1) is 0 Å². The van der Waals surface area contributed by atoms with Crippen molar-refractivity contribution in [2.24, 2.45) is 5.73 Å². The molecule has 0 saturated heterocycles. The van der Waals surface area contributed by atoms with Gasteiger partial charge in [-0.1, -0.05) is 116 Å². The number of aliphatic hydroxyl groups excluding tert-OH is 1. The fourth-order valence-corrected chi connectivity index (χ4v) is 5.45. The summed E-state index contributed by atoms with van der Waals surface area (Å²) in [6, 6.07) is 43.8. The first-order chi connectivity index (χ1) is 20.1. The molecule has 4 aromatic carbocycles. The van der Waals surface area contributed by atoms with Crippen molar-refractivity contribution in [3.8, 4) is 11.3 Å². The molecular weight excluding hydrogens is 502 g/mol. The monoisotopic (exact) mass is 541 g/mol. The fraction of sp³-hybridized carbons (Fsp3) is 0.216. The van der Waals surface area contributed by atoms with E-state index in [2.05, 4.69) is 126 Å². The molecule has 0 bridgehead atoms. The van der Waals surface area contributed by atoms with E-state index < -0.39 is 6.10 Å². The van der Waals surface area contributed by atoms with Gasteiger partial charge in [-0.25, -0.2) is 0 Å². The second-order valence-corrected chi connectivity index (χ2v) is 10.9. The third kappa shape index (κ3) is 7.69. The third-order valence-corrected chi connectivity index (χ3v) is 7.73. The molecule has 0 saturated carbocycles. The second-order valence-electron chi connectivity index (χ2n) is 10.9. The van der Waals surface area contributed by atoms with Gasteiger partial charge in [0.1, 0.15) is 0 Å². The molecule has 0 spiro atoms. The van der Waals surface area contributed by atoms with Crippen molar-refractivity contribution in [1.29, 1.82) is 0 Å². The van der Waals surface area contributed by atoms with E-state index in [9.17, 15) is 5.11 Å². The molecule has 0 unspecified atom stereocenters. The van der Waals surface area contributed by atoms with Crippen LogP contribution in [0.1, 0.15) is 41.5 Å². The fourth-order valence-electron chi connectivity index (χ4n) is 5.45. The van der Waals surface area contributed by atoms with E-state index in [0.717, 1.165) is 41.2 Å². The van der Waals surface area contributed by atoms with Gasteiger partial charge in [0, 0.05) is 42.5 Å². The molecule has 0 aliphatic carbocycles. The summed E-state index contributed by atoms with van der Waals surface area (Å²) >= 11 is 0. The lowest BCUT2D eigenvalue weighted by Crippen LogP contribution is -2.31. The highest BCUT2D eigenvalue weighted by Gasteiger charge is 2.24. The summed E-state index contributed by atoms with van der Waals surface area (Å²) in [5.41, 5.74) is 14.6. The number of aromatic nitrogens is 1. The largest absolute Gasteiger partial charge is 0.392 e. The van der Waals surface area contributed by atoms with Crippen LogP contribution in [0.5, 0.6) is 0 Å². The molecule has 0 aliphatic heterocycles. The van der Waals surface area contributed by atoms with Crippen molar-refractivity contribution in [3.05, 3.63) is 156 Å². The van der Waals surface area contributed by atoms with Crippen molar-refractivity contribution in [3.63, 3.8) is 0 Å². The molecule has 0 amide bonds. The minimum Gasteiger partial charge on any atom is -0.392 e. The molecule has 5 aromatic rings. The predicted molar refractivity (Wildman–Crippen MR) is 170 cm³/mol. The smallest absolute Gasteiger partial charge is 0.0701 e. The standard InChI is InChI=1S/C37H39N3O/c1-28(37(41)25-33(38)24-29-19-21-32(22-20-29)35-17-10-11-23-39-35)34-16-8-9-18-36(34)40(26-30-12-4-2-5-13-30)27-31-14-6-3-7-15-31/h2-23,28,33,37,41H,24-27,38H2,1H3/t28-,33-,37-/m0/s1. The first-order valence-corrected chi connectivity index (χ1v) is 14.4. The van der Waals surface area contributed by atoms with Crippen molar-refractivity contribution < 1.29 is 5.11 Å². The maximum atomic E-state index is 11.4. The van der Waals surface area contributed by atoms with Gasteiger partial charge in [-0.05, 0) is 53.3 Å². The highest BCUT2D eigenvalue weighted by Crippen LogP contribution is 2.33. The second kappa shape index (κ2) is 13.9. The maximum absolute atomic E-state index is 11.4. The van der Waals surface area contributed by atoms with E-state index in [0.29, 0.717) is 12.8 Å². The molecule has 3 atom stereocenters. The van der Waals surface area contributed by atoms with E-state index in [4.69, 9.17) is 5.73 Å². The maximum Gasteiger partial charge on any atom is 0.0701 e. The van der Waals surface area contributed by atoms with E-state index >= 15 is 0 Å². The van der Waals surface area contributed by atoms with Crippen molar-refractivity contribution in [1.82, 2.24) is 4.98 Å². The molecule has 41 heavy (non-hydrogen) atoms. The van der Waals surface area contributed by atoms with Gasteiger partial charge >= 0.3 is 0 Å². The number of pyridine rings is 1. The van der Waals surface area contributed by atoms with Crippen LogP contribution in [0.25, 0.3) is 11.3 Å². The molecule has 1 aromatic heterocycles. The third-order valence-electron chi connectivity index (χ3n) is 7.73. The highest BCUT2D eigenvalue weighted by molar-refractivity contribution is 5.59. The van der Waals surface area contributed by atoms with Crippen LogP contribution in [-0.2, 0) is 19.5 Å². The Hall–Kier alpha value is -4.25. The lowest BCUT2D eigenvalue weighted by Gasteiger charge is -2.31. The lowest BCUT2D eigenvalue weighted by molar-refractivity contribution is 0.131. The van der Waals surface area contributed by atoms with E-state index in [1.807, 2.05) is 24.4 Å². The zero-order chi connectivity index (χ0) is 28.4. The summed E-state index contributed by atoms with van der Waals surface area (Å²) in [5.74, 6) is -0.0715. The molecule has 3 N–H and O–H groups in total. The number of hydrogen-bond donors (Lipinski definition) is 2. The number of hydrogen-bond acceptors (Lipinski definition) is 4. The van der Waals surface area contributed by atoms with Gasteiger partial charge in [0.05, 0.1) is 11.8 Å². The zero-order valence-electron chi connectivity index (χ0n) is 23.7. The molecule has 0 fully saturated rings. The Kier molecular flexibility index (Phi) is 9.58. The van der Waals surface area contributed by atoms with Gasteiger partial charge < -0.3 is 15.7 Å². The summed E-state index contributed by atoms with van der Waals surface area (Å²) in [5, 5.41) is 11.4. The van der Waals surface area contributed by atoms with Crippen LogP contribution >= 0.6 is 0 Å². The molecule has 1 heterocycles. The minimum atomic E-state index is -0.561. The van der Waals surface area contributed by atoms with Gasteiger partial charge in [-0.3, -0.25) is 4.98 Å². The number of rotatable bonds is 12. The van der Waals surface area contributed by atoms with Crippen molar-refractivity contribution in [2.45, 2.75) is 50.9 Å². The molecular formula is C37H39N3O. The van der Waals surface area contributed by atoms with Crippen molar-refractivity contribution in [2.75, 3.05) is 4.90 Å². The summed E-state index contributed by atoms with van der Waals surface area (Å²) in [4.78, 5) is 6.84. The Morgan fingerprint density at radius 2 is 1.27 bits per heavy atom. The number of nitrogens with zero attached hydrogens (tertiary/aromatic N) is 2. The van der Waals surface area contributed by atoms with Gasteiger partial charge in [-0.2, -0.15) is 0 Å². The highest BCUT2D eigenvalue weighted by atomic mass is 16.3. The number of aliphatic hydroxyl groups is 1. The minimum absolute atomic E-state index is 0.0715. The first-order valence-electron chi connectivity index (χ1n) is 14.4. The Morgan fingerprint density at radius 3 is 1.88 bits per heavy atom. The van der Waals surface area contributed by atoms with Crippen LogP contribution in [0.4, 0.5) is 5.69 Å². The Balaban J connectivity index is 1.29. The van der Waals surface area contributed by atoms with Crippen LogP contribution in [0.2, 0.25) is 0 Å². The number of benzene rings is 4. The summed E-state index contributed by atoms with van der Waals surface area (Å²) < 4.78 is 0. The Labute approximate surface area is 244 Å². The zero-order valence-corrected chi connectivity index (χ0v) is 23.7. The van der Waals surface area contributed by atoms with Crippen LogP contribution in [0.3, 0.4) is 0 Å². The average molecular weight is 542 g/mol. The van der Waals surface area contributed by atoms with Crippen LogP contribution in [-0.4, -0.2) is 22.2 Å². The Morgan fingerprint density at radius 1 is 0.683 bits per heavy atom. The van der Waals surface area contributed by atoms with E-state index in [1.165, 1.54) is 11.1 Å². The summed E-state index contributed by atoms with van der Waals surface area (Å²) in [7, 11) is 0. The summed E-state index contributed by atoms with van der Waals surface area (Å²) in [6.45, 7) is 3.67. The van der Waals surface area contributed by atoms with Gasteiger partial charge in [0.25, 0.3) is 0 Å². The Bertz CT molecular complexity index is 1430. The van der Waals surface area contributed by atoms with Gasteiger partial charge in [0.15, 0.2) is 0 Å². The van der Waals surface area contributed by atoms with E-state index in [1.54, 1.807) is 0 Å². The van der Waals surface area contributed by atoms with E-state index in [-0.39, 0.29) is 12.0 Å².